The van der Waals surface area contributed by atoms with Crippen LogP contribution in [0.1, 0.15) is 18.2 Å². The van der Waals surface area contributed by atoms with Gasteiger partial charge in [0.25, 0.3) is 5.69 Å². The summed E-state index contributed by atoms with van der Waals surface area (Å²) in [4.78, 5) is 41.1. The number of aryl methyl sites for hydroxylation is 1. The number of benzene rings is 2. The predicted octanol–water partition coefficient (Wildman–Crippen LogP) is 4.00. The molecule has 152 valence electrons. The first-order chi connectivity index (χ1) is 14.3. The van der Waals surface area contributed by atoms with Gasteiger partial charge < -0.3 is 4.42 Å². The number of aromatic nitrogens is 2. The molecule has 2 heterocycles. The van der Waals surface area contributed by atoms with E-state index in [1.807, 2.05) is 31.2 Å². The maximum Gasteiger partial charge on any atom is 0.420 e. The number of amides is 1. The molecule has 0 saturated heterocycles. The highest BCUT2D eigenvalue weighted by Gasteiger charge is 2.20. The van der Waals surface area contributed by atoms with Crippen LogP contribution < -0.4 is 10.7 Å². The zero-order chi connectivity index (χ0) is 21.4. The lowest BCUT2D eigenvalue weighted by atomic mass is 10.2. The molecule has 0 atom stereocenters. The number of rotatable bonds is 5. The first-order valence-electron chi connectivity index (χ1n) is 8.93. The second-order valence-corrected chi connectivity index (χ2v) is 7.51. The predicted molar refractivity (Wildman–Crippen MR) is 112 cm³/mol. The van der Waals surface area contributed by atoms with Crippen molar-refractivity contribution in [3.05, 3.63) is 79.8 Å². The summed E-state index contributed by atoms with van der Waals surface area (Å²) >= 11 is 1.27. The molecule has 0 unspecified atom stereocenters. The summed E-state index contributed by atoms with van der Waals surface area (Å²) in [6.45, 7) is 3.45. The number of nitro benzene ring substituents is 1. The van der Waals surface area contributed by atoms with Crippen molar-refractivity contribution in [2.24, 2.45) is 0 Å². The minimum absolute atomic E-state index is 0.0586. The molecule has 0 radical (unpaired) electrons. The Hall–Kier alpha value is -3.79. The number of hydrogen-bond donors (Lipinski definition) is 0. The van der Waals surface area contributed by atoms with Crippen LogP contribution in [0.15, 0.2) is 57.1 Å². The normalized spacial score (nSPS) is 11.0. The molecule has 10 heteroatoms. The van der Waals surface area contributed by atoms with Crippen LogP contribution in [0.4, 0.5) is 16.5 Å². The van der Waals surface area contributed by atoms with E-state index in [1.165, 1.54) is 45.9 Å². The number of nitrogens with zero attached hydrogens (tertiary/aromatic N) is 4. The lowest BCUT2D eigenvalue weighted by Crippen LogP contribution is -2.22. The van der Waals surface area contributed by atoms with Crippen LogP contribution in [0.25, 0.3) is 11.1 Å². The monoisotopic (exact) mass is 424 g/mol. The highest BCUT2D eigenvalue weighted by atomic mass is 32.1. The van der Waals surface area contributed by atoms with Crippen molar-refractivity contribution >= 4 is 44.9 Å². The summed E-state index contributed by atoms with van der Waals surface area (Å²) in [5.74, 6) is -0.829. The molecule has 0 bridgehead atoms. The van der Waals surface area contributed by atoms with Gasteiger partial charge in [-0.2, -0.15) is 0 Å². The Kier molecular flexibility index (Phi) is 4.92. The fourth-order valence-corrected chi connectivity index (χ4v) is 4.02. The summed E-state index contributed by atoms with van der Waals surface area (Å²) in [6.07, 6.45) is 0. The molecule has 0 fully saturated rings. The van der Waals surface area contributed by atoms with Crippen molar-refractivity contribution in [3.8, 4) is 0 Å². The van der Waals surface area contributed by atoms with Crippen LogP contribution in [-0.4, -0.2) is 20.4 Å². The van der Waals surface area contributed by atoms with Gasteiger partial charge in [0.2, 0.25) is 5.91 Å². The van der Waals surface area contributed by atoms with Crippen molar-refractivity contribution in [3.63, 3.8) is 0 Å². The number of oxazole rings is 1. The van der Waals surface area contributed by atoms with Crippen molar-refractivity contribution in [2.45, 2.75) is 20.4 Å². The van der Waals surface area contributed by atoms with Crippen LogP contribution in [0.3, 0.4) is 0 Å². The molecule has 0 N–H and O–H groups in total. The minimum Gasteiger partial charge on any atom is -0.408 e. The average molecular weight is 424 g/mol. The SMILES string of the molecule is CC(=O)N(c1cccc(C)c1)c1nc(Cn2c(=O)oc3ccc([N+](=O)[O-])cc32)cs1. The maximum atomic E-state index is 12.3. The summed E-state index contributed by atoms with van der Waals surface area (Å²) < 4.78 is 6.46. The first-order valence-corrected chi connectivity index (χ1v) is 9.81. The minimum atomic E-state index is -0.637. The second-order valence-electron chi connectivity index (χ2n) is 6.68. The van der Waals surface area contributed by atoms with E-state index in [-0.39, 0.29) is 23.7 Å². The van der Waals surface area contributed by atoms with E-state index in [0.717, 1.165) is 5.56 Å². The Labute approximate surface area is 174 Å². The Balaban J connectivity index is 1.70. The highest BCUT2D eigenvalue weighted by molar-refractivity contribution is 7.14. The third-order valence-corrected chi connectivity index (χ3v) is 5.36. The van der Waals surface area contributed by atoms with Gasteiger partial charge in [0.05, 0.1) is 28.4 Å². The number of carbonyl (C=O) groups excluding carboxylic acids is 1. The third-order valence-electron chi connectivity index (χ3n) is 4.49. The largest absolute Gasteiger partial charge is 0.420 e. The van der Waals surface area contributed by atoms with Gasteiger partial charge in [0.15, 0.2) is 10.7 Å². The van der Waals surface area contributed by atoms with E-state index < -0.39 is 10.7 Å². The molecule has 0 spiro atoms. The van der Waals surface area contributed by atoms with Gasteiger partial charge in [-0.3, -0.25) is 24.4 Å². The lowest BCUT2D eigenvalue weighted by molar-refractivity contribution is -0.384. The molecule has 0 saturated carbocycles. The Morgan fingerprint density at radius 1 is 1.30 bits per heavy atom. The van der Waals surface area contributed by atoms with Crippen molar-refractivity contribution in [2.75, 3.05) is 4.90 Å². The summed E-state index contributed by atoms with van der Waals surface area (Å²) in [5, 5.41) is 13.3. The number of non-ortho nitro benzene ring substituents is 1. The van der Waals surface area contributed by atoms with Crippen molar-refractivity contribution in [1.29, 1.82) is 0 Å². The highest BCUT2D eigenvalue weighted by Crippen LogP contribution is 2.30. The Morgan fingerprint density at radius 3 is 2.80 bits per heavy atom. The fraction of sp³-hybridized carbons (Fsp3) is 0.150. The zero-order valence-electron chi connectivity index (χ0n) is 16.1. The molecular formula is C20H16N4O5S. The molecule has 2 aromatic carbocycles. The molecular weight excluding hydrogens is 408 g/mol. The van der Waals surface area contributed by atoms with E-state index in [4.69, 9.17) is 4.42 Å². The lowest BCUT2D eigenvalue weighted by Gasteiger charge is -2.18. The van der Waals surface area contributed by atoms with Gasteiger partial charge in [-0.15, -0.1) is 11.3 Å². The number of thiazole rings is 1. The van der Waals surface area contributed by atoms with Crippen LogP contribution >= 0.6 is 11.3 Å². The van der Waals surface area contributed by atoms with Gasteiger partial charge in [-0.25, -0.2) is 9.78 Å². The van der Waals surface area contributed by atoms with Crippen molar-refractivity contribution < 1.29 is 14.1 Å². The number of anilines is 2. The number of carbonyl (C=O) groups is 1. The van der Waals surface area contributed by atoms with Gasteiger partial charge in [0.1, 0.15) is 0 Å². The van der Waals surface area contributed by atoms with Crippen molar-refractivity contribution in [1.82, 2.24) is 9.55 Å². The average Bonchev–Trinajstić information content (AvgIpc) is 3.26. The standard InChI is InChI=1S/C20H16N4O5S/c1-12-4-3-5-15(8-12)23(13(2)25)19-21-14(11-30-19)10-22-17-9-16(24(27)28)6-7-18(17)29-20(22)26/h3-9,11H,10H2,1-2H3. The van der Waals surface area contributed by atoms with E-state index in [0.29, 0.717) is 22.0 Å². The van der Waals surface area contributed by atoms with Gasteiger partial charge in [-0.1, -0.05) is 12.1 Å². The molecule has 0 aliphatic heterocycles. The molecule has 4 rings (SSSR count). The number of nitro groups is 1. The van der Waals surface area contributed by atoms with E-state index in [9.17, 15) is 19.7 Å². The van der Waals surface area contributed by atoms with Crippen LogP contribution in [0, 0.1) is 17.0 Å². The first kappa shape index (κ1) is 19.5. The van der Waals surface area contributed by atoms with Gasteiger partial charge >= 0.3 is 5.76 Å². The fourth-order valence-electron chi connectivity index (χ4n) is 3.14. The van der Waals surface area contributed by atoms with Crippen LogP contribution in [0.5, 0.6) is 0 Å². The Bertz CT molecular complexity index is 1340. The topological polar surface area (TPSA) is 111 Å². The van der Waals surface area contributed by atoms with E-state index in [1.54, 1.807) is 5.38 Å². The molecule has 1 amide bonds. The van der Waals surface area contributed by atoms with Gasteiger partial charge in [-0.05, 0) is 30.7 Å². The van der Waals surface area contributed by atoms with E-state index >= 15 is 0 Å². The summed E-state index contributed by atoms with van der Waals surface area (Å²) in [6, 6.07) is 11.5. The number of fused-ring (bicyclic) bond motifs is 1. The van der Waals surface area contributed by atoms with Crippen LogP contribution in [-0.2, 0) is 11.3 Å². The Morgan fingerprint density at radius 2 is 2.10 bits per heavy atom. The second kappa shape index (κ2) is 7.56. The van der Waals surface area contributed by atoms with Crippen LogP contribution in [0.2, 0.25) is 0 Å². The van der Waals surface area contributed by atoms with Gasteiger partial charge in [0, 0.05) is 24.4 Å². The molecule has 30 heavy (non-hydrogen) atoms. The molecule has 4 aromatic rings. The number of hydrogen-bond acceptors (Lipinski definition) is 7. The van der Waals surface area contributed by atoms with E-state index in [2.05, 4.69) is 4.98 Å². The third kappa shape index (κ3) is 3.60. The summed E-state index contributed by atoms with van der Waals surface area (Å²) in [5.41, 5.74) is 2.67. The maximum absolute atomic E-state index is 12.3. The smallest absolute Gasteiger partial charge is 0.408 e. The molecule has 9 nitrogen and oxygen atoms in total. The molecule has 2 aromatic heterocycles. The molecule has 0 aliphatic carbocycles. The zero-order valence-corrected chi connectivity index (χ0v) is 16.9. The quantitative estimate of drug-likeness (QED) is 0.354. The molecule has 0 aliphatic rings. The summed E-state index contributed by atoms with van der Waals surface area (Å²) in [7, 11) is 0.